The first kappa shape index (κ1) is 11.0. The predicted molar refractivity (Wildman–Crippen MR) is 48.9 cm³/mol. The van der Waals surface area contributed by atoms with Crippen molar-refractivity contribution in [3.8, 4) is 0 Å². The van der Waals surface area contributed by atoms with Crippen molar-refractivity contribution in [2.24, 2.45) is 0 Å². The number of hydrogen-bond acceptors (Lipinski definition) is 3. The third-order valence-electron chi connectivity index (χ3n) is 2.38. The topological polar surface area (TPSA) is 66.8 Å². The van der Waals surface area contributed by atoms with E-state index in [0.717, 1.165) is 12.8 Å². The first-order valence-corrected chi connectivity index (χ1v) is 4.65. The lowest BCUT2D eigenvalue weighted by Crippen LogP contribution is -2.38. The monoisotopic (exact) mass is 201 g/mol. The molecule has 1 aliphatic rings. The molecule has 1 saturated heterocycles. The van der Waals surface area contributed by atoms with Crippen LogP contribution in [-0.4, -0.2) is 48.2 Å². The van der Waals surface area contributed by atoms with E-state index in [0.29, 0.717) is 6.54 Å². The smallest absolute Gasteiger partial charge is 0.305 e. The van der Waals surface area contributed by atoms with E-state index in [1.54, 1.807) is 4.90 Å². The van der Waals surface area contributed by atoms with E-state index < -0.39 is 5.97 Å². The lowest BCUT2D eigenvalue weighted by Gasteiger charge is -2.22. The summed E-state index contributed by atoms with van der Waals surface area (Å²) in [5, 5.41) is 8.63. The molecule has 5 heteroatoms. The van der Waals surface area contributed by atoms with Crippen molar-refractivity contribution in [1.82, 2.24) is 4.90 Å². The molecule has 80 valence electrons. The van der Waals surface area contributed by atoms with Crippen LogP contribution in [0.2, 0.25) is 0 Å². The summed E-state index contributed by atoms with van der Waals surface area (Å²) < 4.78 is 4.73. The Balaban J connectivity index is 2.50. The maximum absolute atomic E-state index is 11.4. The number of methoxy groups -OCH3 is 1. The molecule has 0 radical (unpaired) electrons. The number of carboxylic acids is 1. The van der Waals surface area contributed by atoms with Crippen molar-refractivity contribution in [2.75, 3.05) is 20.3 Å². The number of carbonyl (C=O) groups is 2. The number of hydrogen-bond donors (Lipinski definition) is 1. The number of carbonyl (C=O) groups excluding carboxylic acids is 1. The summed E-state index contributed by atoms with van der Waals surface area (Å²) in [5.74, 6) is -0.969. The molecule has 14 heavy (non-hydrogen) atoms. The first-order chi connectivity index (χ1) is 6.65. The van der Waals surface area contributed by atoms with Gasteiger partial charge in [0.2, 0.25) is 5.91 Å². The van der Waals surface area contributed by atoms with E-state index in [4.69, 9.17) is 9.84 Å². The standard InChI is InChI=1S/C9H15NO4/c1-14-6-8(11)10-4-2-3-7(10)5-9(12)13/h7H,2-6H2,1H3,(H,12,13). The fourth-order valence-electron chi connectivity index (χ4n) is 1.78. The summed E-state index contributed by atoms with van der Waals surface area (Å²) in [6.07, 6.45) is 1.70. The van der Waals surface area contributed by atoms with Crippen LogP contribution in [0, 0.1) is 0 Å². The molecule has 0 saturated carbocycles. The number of rotatable bonds is 4. The lowest BCUT2D eigenvalue weighted by molar-refractivity contribution is -0.141. The highest BCUT2D eigenvalue weighted by Crippen LogP contribution is 2.20. The van der Waals surface area contributed by atoms with Crippen LogP contribution in [0.1, 0.15) is 19.3 Å². The predicted octanol–water partition coefficient (Wildman–Crippen LogP) is 0.0985. The molecule has 1 atom stereocenters. The molecular formula is C9H15NO4. The zero-order chi connectivity index (χ0) is 10.6. The molecule has 1 aliphatic heterocycles. The van der Waals surface area contributed by atoms with Crippen molar-refractivity contribution in [2.45, 2.75) is 25.3 Å². The van der Waals surface area contributed by atoms with Crippen LogP contribution in [0.3, 0.4) is 0 Å². The van der Waals surface area contributed by atoms with E-state index in [2.05, 4.69) is 0 Å². The molecule has 0 bridgehead atoms. The van der Waals surface area contributed by atoms with Gasteiger partial charge in [-0.3, -0.25) is 9.59 Å². The van der Waals surface area contributed by atoms with Gasteiger partial charge in [-0.1, -0.05) is 0 Å². The molecule has 1 rings (SSSR count). The van der Waals surface area contributed by atoms with Gasteiger partial charge in [-0.15, -0.1) is 0 Å². The molecule has 1 unspecified atom stereocenters. The second kappa shape index (κ2) is 4.95. The summed E-state index contributed by atoms with van der Waals surface area (Å²) in [5.41, 5.74) is 0. The van der Waals surface area contributed by atoms with Crippen molar-refractivity contribution in [3.05, 3.63) is 0 Å². The maximum Gasteiger partial charge on any atom is 0.305 e. The summed E-state index contributed by atoms with van der Waals surface area (Å²) in [6.45, 7) is 0.691. The number of amides is 1. The third-order valence-corrected chi connectivity index (χ3v) is 2.38. The normalized spacial score (nSPS) is 21.2. The Morgan fingerprint density at radius 1 is 1.57 bits per heavy atom. The molecule has 0 aromatic carbocycles. The zero-order valence-corrected chi connectivity index (χ0v) is 8.23. The second-order valence-electron chi connectivity index (χ2n) is 3.41. The Morgan fingerprint density at radius 2 is 2.29 bits per heavy atom. The van der Waals surface area contributed by atoms with Crippen LogP contribution in [-0.2, 0) is 14.3 Å². The third kappa shape index (κ3) is 2.70. The Kier molecular flexibility index (Phi) is 3.88. The van der Waals surface area contributed by atoms with Gasteiger partial charge in [-0.25, -0.2) is 0 Å². The van der Waals surface area contributed by atoms with Crippen LogP contribution in [0.4, 0.5) is 0 Å². The fraction of sp³-hybridized carbons (Fsp3) is 0.778. The number of ether oxygens (including phenoxy) is 1. The van der Waals surface area contributed by atoms with Gasteiger partial charge in [0.05, 0.1) is 6.42 Å². The van der Waals surface area contributed by atoms with E-state index in [1.807, 2.05) is 0 Å². The Bertz CT molecular complexity index is 229. The summed E-state index contributed by atoms with van der Waals surface area (Å²) in [6, 6.07) is -0.143. The van der Waals surface area contributed by atoms with E-state index in [-0.39, 0.29) is 25.0 Å². The molecule has 1 fully saturated rings. The number of nitrogens with zero attached hydrogens (tertiary/aromatic N) is 1. The minimum absolute atomic E-state index is 0.0372. The minimum atomic E-state index is -0.855. The first-order valence-electron chi connectivity index (χ1n) is 4.65. The summed E-state index contributed by atoms with van der Waals surface area (Å²) in [7, 11) is 1.46. The average Bonchev–Trinajstić information content (AvgIpc) is 2.51. The summed E-state index contributed by atoms with van der Waals surface area (Å²) in [4.78, 5) is 23.6. The fourth-order valence-corrected chi connectivity index (χ4v) is 1.78. The molecule has 0 spiro atoms. The Hall–Kier alpha value is -1.10. The minimum Gasteiger partial charge on any atom is -0.481 e. The van der Waals surface area contributed by atoms with Crippen LogP contribution >= 0.6 is 0 Å². The molecular weight excluding hydrogens is 186 g/mol. The van der Waals surface area contributed by atoms with Gasteiger partial charge in [-0.2, -0.15) is 0 Å². The van der Waals surface area contributed by atoms with Gasteiger partial charge in [0.25, 0.3) is 0 Å². The average molecular weight is 201 g/mol. The van der Waals surface area contributed by atoms with E-state index in [9.17, 15) is 9.59 Å². The highest BCUT2D eigenvalue weighted by molar-refractivity contribution is 5.79. The Labute approximate surface area is 82.6 Å². The molecule has 1 heterocycles. The van der Waals surface area contributed by atoms with Crippen LogP contribution < -0.4 is 0 Å². The number of aliphatic carboxylic acids is 1. The quantitative estimate of drug-likeness (QED) is 0.700. The molecule has 1 amide bonds. The molecule has 0 aromatic rings. The van der Waals surface area contributed by atoms with Gasteiger partial charge < -0.3 is 14.7 Å². The van der Waals surface area contributed by atoms with E-state index in [1.165, 1.54) is 7.11 Å². The second-order valence-corrected chi connectivity index (χ2v) is 3.41. The SMILES string of the molecule is COCC(=O)N1CCCC1CC(=O)O. The molecule has 0 aliphatic carbocycles. The van der Waals surface area contributed by atoms with Gasteiger partial charge in [-0.05, 0) is 12.8 Å². The maximum atomic E-state index is 11.4. The molecule has 1 N–H and O–H groups in total. The molecule has 0 aromatic heterocycles. The van der Waals surface area contributed by atoms with E-state index >= 15 is 0 Å². The largest absolute Gasteiger partial charge is 0.481 e. The van der Waals surface area contributed by atoms with Crippen molar-refractivity contribution in [1.29, 1.82) is 0 Å². The van der Waals surface area contributed by atoms with Crippen molar-refractivity contribution in [3.63, 3.8) is 0 Å². The zero-order valence-electron chi connectivity index (χ0n) is 8.23. The van der Waals surface area contributed by atoms with Gasteiger partial charge in [0.15, 0.2) is 0 Å². The Morgan fingerprint density at radius 3 is 2.86 bits per heavy atom. The van der Waals surface area contributed by atoms with Crippen molar-refractivity contribution < 1.29 is 19.4 Å². The van der Waals surface area contributed by atoms with Crippen LogP contribution in [0.15, 0.2) is 0 Å². The van der Waals surface area contributed by atoms with Crippen LogP contribution in [0.25, 0.3) is 0 Å². The molecule has 5 nitrogen and oxygen atoms in total. The summed E-state index contributed by atoms with van der Waals surface area (Å²) >= 11 is 0. The van der Waals surface area contributed by atoms with Gasteiger partial charge in [0, 0.05) is 19.7 Å². The highest BCUT2D eigenvalue weighted by Gasteiger charge is 2.29. The van der Waals surface area contributed by atoms with Crippen molar-refractivity contribution >= 4 is 11.9 Å². The lowest BCUT2D eigenvalue weighted by atomic mass is 10.1. The van der Waals surface area contributed by atoms with Gasteiger partial charge >= 0.3 is 5.97 Å². The number of likely N-dealkylation sites (tertiary alicyclic amines) is 1. The van der Waals surface area contributed by atoms with Gasteiger partial charge in [0.1, 0.15) is 6.61 Å². The number of carboxylic acid groups (broad SMARTS) is 1. The highest BCUT2D eigenvalue weighted by atomic mass is 16.5. The van der Waals surface area contributed by atoms with Crippen LogP contribution in [0.5, 0.6) is 0 Å².